The highest BCUT2D eigenvalue weighted by Gasteiger charge is 2.30. The van der Waals surface area contributed by atoms with Crippen LogP contribution in [0.3, 0.4) is 0 Å². The van der Waals surface area contributed by atoms with Crippen molar-refractivity contribution in [2.45, 2.75) is 44.6 Å². The number of amides is 1. The van der Waals surface area contributed by atoms with Gasteiger partial charge in [-0.25, -0.2) is 8.42 Å². The van der Waals surface area contributed by atoms with Gasteiger partial charge >= 0.3 is 0 Å². The van der Waals surface area contributed by atoms with Crippen LogP contribution in [-0.4, -0.2) is 44.4 Å². The van der Waals surface area contributed by atoms with Crippen molar-refractivity contribution in [3.63, 3.8) is 0 Å². The fraction of sp³-hybridized carbons (Fsp3) is 0.409. The summed E-state index contributed by atoms with van der Waals surface area (Å²) >= 11 is 0. The number of nitrogens with zero attached hydrogens (tertiary/aromatic N) is 1. The Morgan fingerprint density at radius 1 is 1.14 bits per heavy atom. The van der Waals surface area contributed by atoms with Crippen LogP contribution in [0.5, 0.6) is 0 Å². The number of benzene rings is 2. The first-order valence-corrected chi connectivity index (χ1v) is 11.3. The molecule has 156 valence electrons. The molecule has 7 heteroatoms. The van der Waals surface area contributed by atoms with E-state index in [1.165, 1.54) is 4.31 Å². The van der Waals surface area contributed by atoms with E-state index in [1.54, 1.807) is 24.3 Å². The highest BCUT2D eigenvalue weighted by Crippen LogP contribution is 2.22. The maximum atomic E-state index is 13.2. The molecular formula is C22H28N2O4S. The molecule has 1 aliphatic rings. The van der Waals surface area contributed by atoms with E-state index in [9.17, 15) is 13.2 Å². The lowest BCUT2D eigenvalue weighted by molar-refractivity contribution is -0.116. The average Bonchev–Trinajstić information content (AvgIpc) is 3.18. The molecule has 6 nitrogen and oxygen atoms in total. The van der Waals surface area contributed by atoms with Gasteiger partial charge in [-0.1, -0.05) is 29.8 Å². The molecule has 0 radical (unpaired) electrons. The van der Waals surface area contributed by atoms with Crippen molar-refractivity contribution in [1.29, 1.82) is 0 Å². The van der Waals surface area contributed by atoms with Gasteiger partial charge in [0, 0.05) is 18.8 Å². The van der Waals surface area contributed by atoms with Crippen LogP contribution in [0.1, 0.15) is 29.5 Å². The maximum Gasteiger partial charge on any atom is 0.243 e. The van der Waals surface area contributed by atoms with Crippen molar-refractivity contribution < 1.29 is 17.9 Å². The molecule has 2 aromatic carbocycles. The Hall–Kier alpha value is -2.22. The lowest BCUT2D eigenvalue weighted by atomic mass is 10.1. The van der Waals surface area contributed by atoms with Gasteiger partial charge in [0.1, 0.15) is 0 Å². The van der Waals surface area contributed by atoms with Crippen LogP contribution in [0.4, 0.5) is 5.69 Å². The number of carbonyl (C=O) groups is 1. The van der Waals surface area contributed by atoms with E-state index in [4.69, 9.17) is 4.74 Å². The molecule has 1 amide bonds. The first-order valence-electron chi connectivity index (χ1n) is 9.82. The molecule has 2 aromatic rings. The van der Waals surface area contributed by atoms with Crippen LogP contribution >= 0.6 is 0 Å². The number of nitrogens with one attached hydrogen (secondary N) is 1. The third kappa shape index (κ3) is 5.23. The largest absolute Gasteiger partial charge is 0.377 e. The summed E-state index contributed by atoms with van der Waals surface area (Å²) in [6, 6.07) is 12.3. The van der Waals surface area contributed by atoms with Gasteiger partial charge in [0.2, 0.25) is 15.9 Å². The Balaban J connectivity index is 1.82. The first kappa shape index (κ1) is 21.5. The second kappa shape index (κ2) is 9.07. The lowest BCUT2D eigenvalue weighted by Crippen LogP contribution is -2.42. The second-order valence-corrected chi connectivity index (χ2v) is 9.48. The van der Waals surface area contributed by atoms with Crippen molar-refractivity contribution in [3.05, 3.63) is 59.2 Å². The number of anilines is 1. The topological polar surface area (TPSA) is 75.7 Å². The molecular weight excluding hydrogens is 388 g/mol. The Labute approximate surface area is 172 Å². The predicted molar refractivity (Wildman–Crippen MR) is 113 cm³/mol. The molecule has 3 rings (SSSR count). The minimum Gasteiger partial charge on any atom is -0.377 e. The fourth-order valence-corrected chi connectivity index (χ4v) is 4.79. The number of hydrogen-bond acceptors (Lipinski definition) is 4. The Bertz CT molecular complexity index is 965. The van der Waals surface area contributed by atoms with Gasteiger partial charge < -0.3 is 10.1 Å². The summed E-state index contributed by atoms with van der Waals surface area (Å²) in [6.07, 6.45) is 1.50. The van der Waals surface area contributed by atoms with E-state index in [-0.39, 0.29) is 30.0 Å². The maximum absolute atomic E-state index is 13.2. The highest BCUT2D eigenvalue weighted by atomic mass is 32.2. The van der Waals surface area contributed by atoms with Gasteiger partial charge in [-0.2, -0.15) is 4.31 Å². The van der Waals surface area contributed by atoms with Crippen molar-refractivity contribution in [2.24, 2.45) is 0 Å². The third-order valence-corrected chi connectivity index (χ3v) is 7.11. The Morgan fingerprint density at radius 2 is 1.86 bits per heavy atom. The van der Waals surface area contributed by atoms with Crippen LogP contribution in [0.15, 0.2) is 47.4 Å². The summed E-state index contributed by atoms with van der Waals surface area (Å²) in [4.78, 5) is 12.9. The summed E-state index contributed by atoms with van der Waals surface area (Å²) < 4.78 is 33.3. The fourth-order valence-electron chi connectivity index (χ4n) is 3.36. The number of ether oxygens (including phenoxy) is 1. The molecule has 1 unspecified atom stereocenters. The van der Waals surface area contributed by atoms with Gasteiger partial charge in [-0.05, 0) is 62.9 Å². The zero-order valence-electron chi connectivity index (χ0n) is 17.1. The standard InChI is InChI=1S/C22H28N2O4S/c1-16-9-11-20(12-10-16)29(26,27)24(14-19-7-5-13-28-19)15-22(25)23-21-8-4-6-17(2)18(21)3/h4,6,8-12,19H,5,7,13-15H2,1-3H3,(H,23,25). The minimum absolute atomic E-state index is 0.163. The summed E-state index contributed by atoms with van der Waals surface area (Å²) in [6.45, 7) is 6.32. The Morgan fingerprint density at radius 3 is 2.52 bits per heavy atom. The highest BCUT2D eigenvalue weighted by molar-refractivity contribution is 7.89. The Kier molecular flexibility index (Phi) is 6.72. The summed E-state index contributed by atoms with van der Waals surface area (Å²) in [5.74, 6) is -0.368. The van der Waals surface area contributed by atoms with Gasteiger partial charge in [0.15, 0.2) is 0 Å². The number of rotatable bonds is 7. The summed E-state index contributed by atoms with van der Waals surface area (Å²) in [7, 11) is -3.82. The van der Waals surface area contributed by atoms with Crippen molar-refractivity contribution in [1.82, 2.24) is 4.31 Å². The zero-order chi connectivity index (χ0) is 21.0. The second-order valence-electron chi connectivity index (χ2n) is 7.54. The van der Waals surface area contributed by atoms with E-state index in [0.717, 1.165) is 29.5 Å². The first-order chi connectivity index (χ1) is 13.8. The van der Waals surface area contributed by atoms with E-state index < -0.39 is 10.0 Å². The minimum atomic E-state index is -3.82. The quantitative estimate of drug-likeness (QED) is 0.750. The van der Waals surface area contributed by atoms with E-state index in [2.05, 4.69) is 5.32 Å². The van der Waals surface area contributed by atoms with Gasteiger partial charge in [-0.3, -0.25) is 4.79 Å². The summed E-state index contributed by atoms with van der Waals surface area (Å²) in [5, 5.41) is 2.85. The lowest BCUT2D eigenvalue weighted by Gasteiger charge is -2.24. The molecule has 1 heterocycles. The van der Waals surface area contributed by atoms with E-state index >= 15 is 0 Å². The van der Waals surface area contributed by atoms with Crippen molar-refractivity contribution in [2.75, 3.05) is 25.0 Å². The summed E-state index contributed by atoms with van der Waals surface area (Å²) in [5.41, 5.74) is 3.70. The molecule has 0 spiro atoms. The predicted octanol–water partition coefficient (Wildman–Crippen LogP) is 3.42. The van der Waals surface area contributed by atoms with Crippen LogP contribution in [-0.2, 0) is 19.6 Å². The zero-order valence-corrected chi connectivity index (χ0v) is 18.0. The molecule has 29 heavy (non-hydrogen) atoms. The van der Waals surface area contributed by atoms with Gasteiger partial charge in [0.05, 0.1) is 17.5 Å². The van der Waals surface area contributed by atoms with Gasteiger partial charge in [0.25, 0.3) is 0 Å². The number of carbonyl (C=O) groups excluding carboxylic acids is 1. The average molecular weight is 417 g/mol. The molecule has 1 saturated heterocycles. The molecule has 0 saturated carbocycles. The molecule has 1 atom stereocenters. The molecule has 0 aliphatic carbocycles. The smallest absolute Gasteiger partial charge is 0.243 e. The number of hydrogen-bond donors (Lipinski definition) is 1. The molecule has 1 N–H and O–H groups in total. The molecule has 1 fully saturated rings. The normalized spacial score (nSPS) is 16.9. The van der Waals surface area contributed by atoms with Gasteiger partial charge in [-0.15, -0.1) is 0 Å². The van der Waals surface area contributed by atoms with Crippen LogP contribution in [0, 0.1) is 20.8 Å². The molecule has 1 aliphatic heterocycles. The van der Waals surface area contributed by atoms with Crippen molar-refractivity contribution in [3.8, 4) is 0 Å². The number of sulfonamides is 1. The molecule has 0 bridgehead atoms. The van der Waals surface area contributed by atoms with Crippen LogP contribution in [0.25, 0.3) is 0 Å². The monoisotopic (exact) mass is 416 g/mol. The van der Waals surface area contributed by atoms with Crippen LogP contribution < -0.4 is 5.32 Å². The van der Waals surface area contributed by atoms with E-state index in [0.29, 0.717) is 12.3 Å². The van der Waals surface area contributed by atoms with Crippen molar-refractivity contribution >= 4 is 21.6 Å². The molecule has 0 aromatic heterocycles. The SMILES string of the molecule is Cc1ccc(S(=O)(=O)N(CC(=O)Nc2cccc(C)c2C)CC2CCCO2)cc1. The third-order valence-electron chi connectivity index (χ3n) is 5.29. The van der Waals surface area contributed by atoms with Crippen LogP contribution in [0.2, 0.25) is 0 Å². The van der Waals surface area contributed by atoms with E-state index in [1.807, 2.05) is 39.0 Å². The number of aryl methyl sites for hydroxylation is 2.